The number of benzene rings is 1. The molecule has 3 aromatic heterocycles. The van der Waals surface area contributed by atoms with Gasteiger partial charge in [-0.05, 0) is 24.3 Å². The van der Waals surface area contributed by atoms with Crippen LogP contribution in [0.15, 0.2) is 36.7 Å². The summed E-state index contributed by atoms with van der Waals surface area (Å²) in [5, 5.41) is 13.3. The zero-order valence-corrected chi connectivity index (χ0v) is 22.0. The maximum Gasteiger partial charge on any atom is 0.249 e. The van der Waals surface area contributed by atoms with Gasteiger partial charge in [0.05, 0.1) is 31.6 Å². The molecule has 7 rings (SSSR count). The minimum absolute atomic E-state index is 0.0350. The molecule has 1 aliphatic carbocycles. The average Bonchev–Trinajstić information content (AvgIpc) is 3.45. The minimum Gasteiger partial charge on any atom is -0.489 e. The van der Waals surface area contributed by atoms with Crippen LogP contribution in [0, 0.1) is 23.1 Å². The molecule has 3 fully saturated rings. The van der Waals surface area contributed by atoms with Crippen molar-refractivity contribution in [3.05, 3.63) is 48.4 Å². The quantitative estimate of drug-likeness (QED) is 0.298. The number of hydrogen-bond acceptors (Lipinski definition) is 8. The van der Waals surface area contributed by atoms with Crippen LogP contribution in [0.5, 0.6) is 5.75 Å². The average molecular weight is 571 g/mol. The van der Waals surface area contributed by atoms with Gasteiger partial charge in [0.2, 0.25) is 17.8 Å². The lowest BCUT2D eigenvalue weighted by Crippen LogP contribution is -2.66. The van der Waals surface area contributed by atoms with E-state index in [0.29, 0.717) is 67.5 Å². The van der Waals surface area contributed by atoms with Gasteiger partial charge in [0.25, 0.3) is 0 Å². The second-order valence-corrected chi connectivity index (χ2v) is 11.1. The number of anilines is 3. The van der Waals surface area contributed by atoms with E-state index in [0.717, 1.165) is 0 Å². The van der Waals surface area contributed by atoms with E-state index in [1.54, 1.807) is 25.4 Å². The molecule has 0 amide bonds. The van der Waals surface area contributed by atoms with Gasteiger partial charge in [-0.2, -0.15) is 14.5 Å². The van der Waals surface area contributed by atoms with Gasteiger partial charge in [-0.15, -0.1) is 5.10 Å². The number of pyridine rings is 1. The fourth-order valence-electron chi connectivity index (χ4n) is 5.69. The SMILES string of the molecule is Cn1nc(-c2cnc(N3CC4(C3)CC(F)(F)C4)c(OCC3COC3)c2)nc1Nc1ccc(-c2cn[nH]c2F)c(F)c1. The van der Waals surface area contributed by atoms with E-state index in [1.807, 2.05) is 4.90 Å². The highest BCUT2D eigenvalue weighted by Crippen LogP contribution is 2.57. The first kappa shape index (κ1) is 25.7. The summed E-state index contributed by atoms with van der Waals surface area (Å²) in [6.07, 6.45) is 2.66. The summed E-state index contributed by atoms with van der Waals surface area (Å²) in [5.74, 6) is -1.80. The molecule has 4 aromatic rings. The first-order chi connectivity index (χ1) is 19.7. The van der Waals surface area contributed by atoms with Crippen LogP contribution in [0.2, 0.25) is 0 Å². The Hall–Kier alpha value is -4.20. The predicted octanol–water partition coefficient (Wildman–Crippen LogP) is 4.55. The molecule has 3 aliphatic rings. The molecule has 5 heterocycles. The van der Waals surface area contributed by atoms with Gasteiger partial charge in [-0.1, -0.05) is 0 Å². The number of nitrogens with zero attached hydrogens (tertiary/aromatic N) is 6. The fraction of sp³-hybridized carbons (Fsp3) is 0.407. The van der Waals surface area contributed by atoms with Gasteiger partial charge >= 0.3 is 0 Å². The Kier molecular flexibility index (Phi) is 5.92. The summed E-state index contributed by atoms with van der Waals surface area (Å²) in [5.41, 5.74) is 0.751. The lowest BCUT2D eigenvalue weighted by molar-refractivity contribution is -0.170. The van der Waals surface area contributed by atoms with Crippen molar-refractivity contribution in [1.82, 2.24) is 29.9 Å². The lowest BCUT2D eigenvalue weighted by Gasteiger charge is -2.59. The molecule has 1 aromatic carbocycles. The molecule has 0 atom stereocenters. The third-order valence-corrected chi connectivity index (χ3v) is 7.76. The highest BCUT2D eigenvalue weighted by Gasteiger charge is 2.62. The molecule has 1 saturated carbocycles. The van der Waals surface area contributed by atoms with E-state index in [1.165, 1.54) is 23.0 Å². The first-order valence-corrected chi connectivity index (χ1v) is 13.2. The summed E-state index contributed by atoms with van der Waals surface area (Å²) in [4.78, 5) is 11.1. The molecule has 0 unspecified atom stereocenters. The molecule has 0 radical (unpaired) electrons. The van der Waals surface area contributed by atoms with Crippen LogP contribution >= 0.6 is 0 Å². The van der Waals surface area contributed by atoms with E-state index in [9.17, 15) is 17.6 Å². The lowest BCUT2D eigenvalue weighted by atomic mass is 9.61. The predicted molar refractivity (Wildman–Crippen MR) is 140 cm³/mol. The summed E-state index contributed by atoms with van der Waals surface area (Å²) < 4.78 is 68.5. The summed E-state index contributed by atoms with van der Waals surface area (Å²) in [6.45, 7) is 2.72. The van der Waals surface area contributed by atoms with Gasteiger partial charge in [-0.3, -0.25) is 5.10 Å². The third-order valence-electron chi connectivity index (χ3n) is 7.76. The smallest absolute Gasteiger partial charge is 0.249 e. The van der Waals surface area contributed by atoms with E-state index in [-0.39, 0.29) is 35.3 Å². The van der Waals surface area contributed by atoms with Crippen LogP contribution in [0.3, 0.4) is 0 Å². The number of rotatable bonds is 8. The molecule has 2 aliphatic heterocycles. The van der Waals surface area contributed by atoms with Crippen LogP contribution in [-0.4, -0.2) is 68.8 Å². The molecule has 41 heavy (non-hydrogen) atoms. The van der Waals surface area contributed by atoms with Crippen molar-refractivity contribution < 1.29 is 27.0 Å². The van der Waals surface area contributed by atoms with Crippen molar-refractivity contribution in [3.8, 4) is 28.3 Å². The monoisotopic (exact) mass is 570 g/mol. The summed E-state index contributed by atoms with van der Waals surface area (Å²) >= 11 is 0. The van der Waals surface area contributed by atoms with Gasteiger partial charge < -0.3 is 19.7 Å². The Labute approximate surface area is 231 Å². The van der Waals surface area contributed by atoms with Gasteiger partial charge in [0.1, 0.15) is 5.82 Å². The number of aromatic amines is 1. The Balaban J connectivity index is 1.11. The fourth-order valence-corrected chi connectivity index (χ4v) is 5.69. The standard InChI is InChI=1S/C27H26F4N8O2/c1-38-25(34-17-2-3-18(20(28)5-17)19-7-33-36-22(19)29)35-23(37-38)16-4-21(41-10-15-8-40-9-15)24(32-6-16)39-13-26(14-39)11-27(30,31)12-26/h2-7,15H,8-14H2,1H3,(H,33,36)(H,34,35,37). The highest BCUT2D eigenvalue weighted by atomic mass is 19.3. The van der Waals surface area contributed by atoms with E-state index >= 15 is 0 Å². The van der Waals surface area contributed by atoms with Gasteiger partial charge in [0, 0.05) is 67.3 Å². The number of nitrogens with one attached hydrogen (secondary N) is 2. The van der Waals surface area contributed by atoms with Crippen LogP contribution in [0.25, 0.3) is 22.5 Å². The topological polar surface area (TPSA) is 106 Å². The molecular formula is C27H26F4N8O2. The Bertz CT molecular complexity index is 1600. The summed E-state index contributed by atoms with van der Waals surface area (Å²) in [6, 6.07) is 6.09. The number of ether oxygens (including phenoxy) is 2. The number of halogens is 4. The van der Waals surface area contributed by atoms with Gasteiger partial charge in [0.15, 0.2) is 17.4 Å². The highest BCUT2D eigenvalue weighted by molar-refractivity contribution is 5.69. The molecule has 0 bridgehead atoms. The van der Waals surface area contributed by atoms with Crippen molar-refractivity contribution in [1.29, 1.82) is 0 Å². The number of alkyl halides is 2. The zero-order valence-electron chi connectivity index (χ0n) is 22.0. The summed E-state index contributed by atoms with van der Waals surface area (Å²) in [7, 11) is 1.69. The van der Waals surface area contributed by atoms with Gasteiger partial charge in [-0.25, -0.2) is 22.8 Å². The maximum absolute atomic E-state index is 14.8. The Morgan fingerprint density at radius 3 is 2.59 bits per heavy atom. The van der Waals surface area contributed by atoms with Crippen molar-refractivity contribution in [3.63, 3.8) is 0 Å². The van der Waals surface area contributed by atoms with Crippen LogP contribution in [-0.2, 0) is 11.8 Å². The first-order valence-electron chi connectivity index (χ1n) is 13.2. The van der Waals surface area contributed by atoms with Crippen molar-refractivity contribution in [2.75, 3.05) is 43.1 Å². The second kappa shape index (κ2) is 9.43. The maximum atomic E-state index is 14.8. The number of aryl methyl sites for hydroxylation is 1. The van der Waals surface area contributed by atoms with Crippen LogP contribution in [0.1, 0.15) is 12.8 Å². The second-order valence-electron chi connectivity index (χ2n) is 11.1. The molecule has 214 valence electrons. The van der Waals surface area contributed by atoms with Crippen molar-refractivity contribution in [2.24, 2.45) is 18.4 Å². The Morgan fingerprint density at radius 1 is 1.12 bits per heavy atom. The third kappa shape index (κ3) is 4.75. The molecule has 14 heteroatoms. The molecule has 10 nitrogen and oxygen atoms in total. The zero-order chi connectivity index (χ0) is 28.4. The molecule has 2 N–H and O–H groups in total. The molecule has 1 spiro atoms. The van der Waals surface area contributed by atoms with Crippen LogP contribution < -0.4 is 15.0 Å². The number of aromatic nitrogens is 6. The number of hydrogen-bond donors (Lipinski definition) is 2. The number of H-pyrrole nitrogens is 1. The van der Waals surface area contributed by atoms with Crippen molar-refractivity contribution >= 4 is 17.5 Å². The molecule has 2 saturated heterocycles. The normalized spacial score (nSPS) is 19.0. The molecular weight excluding hydrogens is 544 g/mol. The van der Waals surface area contributed by atoms with E-state index < -0.39 is 17.7 Å². The van der Waals surface area contributed by atoms with E-state index in [4.69, 9.17) is 9.47 Å². The Morgan fingerprint density at radius 2 is 1.93 bits per heavy atom. The van der Waals surface area contributed by atoms with Crippen LogP contribution in [0.4, 0.5) is 35.0 Å². The van der Waals surface area contributed by atoms with E-state index in [2.05, 4.69) is 30.6 Å². The largest absolute Gasteiger partial charge is 0.489 e. The van der Waals surface area contributed by atoms with Crippen molar-refractivity contribution in [2.45, 2.75) is 18.8 Å². The minimum atomic E-state index is -2.57.